The summed E-state index contributed by atoms with van der Waals surface area (Å²) in [5.74, 6) is -1.40. The Kier molecular flexibility index (Phi) is 5.53. The highest BCUT2D eigenvalue weighted by molar-refractivity contribution is 5.94. The minimum Gasteiger partial charge on any atom is -0.381 e. The molecule has 2 rings (SSSR count). The number of nitrogens with one attached hydrogen (secondary N) is 2. The number of rotatable bonds is 5. The summed E-state index contributed by atoms with van der Waals surface area (Å²) in [5.41, 5.74) is -0.149. The standard InChI is InChI=1S/C16H22F2N2O/c1-2-19-15-13(17)8-12(9-14(15)18)16(21)20-10-11-6-4-3-5-7-11/h8-9,11,19H,2-7,10H2,1H3,(H,20,21). The van der Waals surface area contributed by atoms with E-state index in [9.17, 15) is 13.6 Å². The van der Waals surface area contributed by atoms with E-state index in [1.165, 1.54) is 19.3 Å². The van der Waals surface area contributed by atoms with Crippen LogP contribution in [0.3, 0.4) is 0 Å². The van der Waals surface area contributed by atoms with Crippen LogP contribution in [0, 0.1) is 17.6 Å². The molecule has 0 unspecified atom stereocenters. The minimum atomic E-state index is -0.736. The van der Waals surface area contributed by atoms with Gasteiger partial charge in [0.05, 0.1) is 0 Å². The van der Waals surface area contributed by atoms with E-state index >= 15 is 0 Å². The van der Waals surface area contributed by atoms with Crippen molar-refractivity contribution in [1.82, 2.24) is 5.32 Å². The van der Waals surface area contributed by atoms with Gasteiger partial charge in [-0.2, -0.15) is 0 Å². The largest absolute Gasteiger partial charge is 0.381 e. The smallest absolute Gasteiger partial charge is 0.251 e. The predicted molar refractivity (Wildman–Crippen MR) is 79.4 cm³/mol. The molecule has 0 atom stereocenters. The van der Waals surface area contributed by atoms with Gasteiger partial charge in [-0.25, -0.2) is 8.78 Å². The summed E-state index contributed by atoms with van der Waals surface area (Å²) >= 11 is 0. The molecule has 0 bridgehead atoms. The Bertz CT molecular complexity index is 476. The summed E-state index contributed by atoms with van der Waals surface area (Å²) in [7, 11) is 0. The molecule has 3 nitrogen and oxygen atoms in total. The molecule has 2 N–H and O–H groups in total. The van der Waals surface area contributed by atoms with E-state index in [0.29, 0.717) is 19.0 Å². The second kappa shape index (κ2) is 7.38. The first kappa shape index (κ1) is 15.7. The lowest BCUT2D eigenvalue weighted by Gasteiger charge is -2.21. The van der Waals surface area contributed by atoms with Crippen LogP contribution in [0.15, 0.2) is 12.1 Å². The lowest BCUT2D eigenvalue weighted by Crippen LogP contribution is -2.30. The van der Waals surface area contributed by atoms with Gasteiger partial charge in [-0.1, -0.05) is 19.3 Å². The van der Waals surface area contributed by atoms with Crippen molar-refractivity contribution >= 4 is 11.6 Å². The van der Waals surface area contributed by atoms with Crippen molar-refractivity contribution < 1.29 is 13.6 Å². The first-order valence-electron chi connectivity index (χ1n) is 7.63. The summed E-state index contributed by atoms with van der Waals surface area (Å²) in [4.78, 5) is 12.0. The van der Waals surface area contributed by atoms with Gasteiger partial charge >= 0.3 is 0 Å². The lowest BCUT2D eigenvalue weighted by molar-refractivity contribution is 0.0942. The number of amides is 1. The molecular weight excluding hydrogens is 274 g/mol. The highest BCUT2D eigenvalue weighted by atomic mass is 19.1. The van der Waals surface area contributed by atoms with E-state index < -0.39 is 17.5 Å². The van der Waals surface area contributed by atoms with Gasteiger partial charge in [0.2, 0.25) is 0 Å². The van der Waals surface area contributed by atoms with Crippen LogP contribution in [0.25, 0.3) is 0 Å². The molecule has 21 heavy (non-hydrogen) atoms. The number of carbonyl (C=O) groups excluding carboxylic acids is 1. The van der Waals surface area contributed by atoms with Gasteiger partial charge in [0.15, 0.2) is 0 Å². The fraction of sp³-hybridized carbons (Fsp3) is 0.562. The van der Waals surface area contributed by atoms with Gasteiger partial charge in [-0.3, -0.25) is 4.79 Å². The maximum Gasteiger partial charge on any atom is 0.251 e. The molecule has 1 amide bonds. The number of benzene rings is 1. The maximum atomic E-state index is 13.8. The van der Waals surface area contributed by atoms with E-state index in [0.717, 1.165) is 25.0 Å². The zero-order chi connectivity index (χ0) is 15.2. The summed E-state index contributed by atoms with van der Waals surface area (Å²) in [6.45, 7) is 2.75. The molecule has 1 fully saturated rings. The molecule has 1 aromatic rings. The maximum absolute atomic E-state index is 13.8. The van der Waals surface area contributed by atoms with Gasteiger partial charge in [0.25, 0.3) is 5.91 Å². The van der Waals surface area contributed by atoms with Crippen LogP contribution in [0.2, 0.25) is 0 Å². The second-order valence-electron chi connectivity index (χ2n) is 5.56. The zero-order valence-electron chi connectivity index (χ0n) is 12.3. The fourth-order valence-corrected chi connectivity index (χ4v) is 2.78. The summed E-state index contributed by atoms with van der Waals surface area (Å²) in [6, 6.07) is 2.16. The molecule has 0 aliphatic heterocycles. The quantitative estimate of drug-likeness (QED) is 0.869. The van der Waals surface area contributed by atoms with Crippen LogP contribution >= 0.6 is 0 Å². The normalized spacial score (nSPS) is 15.8. The highest BCUT2D eigenvalue weighted by Crippen LogP contribution is 2.23. The SMILES string of the molecule is CCNc1c(F)cc(C(=O)NCC2CCCCC2)cc1F. The van der Waals surface area contributed by atoms with Crippen LogP contribution in [-0.4, -0.2) is 19.0 Å². The monoisotopic (exact) mass is 296 g/mol. The van der Waals surface area contributed by atoms with E-state index in [4.69, 9.17) is 0 Å². The van der Waals surface area contributed by atoms with E-state index in [2.05, 4.69) is 10.6 Å². The van der Waals surface area contributed by atoms with Gasteiger partial charge in [-0.15, -0.1) is 0 Å². The number of halogens is 2. The van der Waals surface area contributed by atoms with Crippen LogP contribution < -0.4 is 10.6 Å². The van der Waals surface area contributed by atoms with Crippen molar-refractivity contribution in [3.05, 3.63) is 29.3 Å². The van der Waals surface area contributed by atoms with Gasteiger partial charge in [-0.05, 0) is 37.8 Å². The van der Waals surface area contributed by atoms with E-state index in [1.54, 1.807) is 6.92 Å². The van der Waals surface area contributed by atoms with Crippen molar-refractivity contribution in [1.29, 1.82) is 0 Å². The third-order valence-corrected chi connectivity index (χ3v) is 3.93. The molecular formula is C16H22F2N2O. The van der Waals surface area contributed by atoms with Crippen molar-refractivity contribution in [2.75, 3.05) is 18.4 Å². The molecule has 5 heteroatoms. The average Bonchev–Trinajstić information content (AvgIpc) is 2.49. The Morgan fingerprint density at radius 3 is 2.38 bits per heavy atom. The van der Waals surface area contributed by atoms with Crippen molar-refractivity contribution in [2.24, 2.45) is 5.92 Å². The molecule has 0 heterocycles. The highest BCUT2D eigenvalue weighted by Gasteiger charge is 2.17. The predicted octanol–water partition coefficient (Wildman–Crippen LogP) is 3.71. The first-order chi connectivity index (χ1) is 10.1. The van der Waals surface area contributed by atoms with Crippen LogP contribution in [-0.2, 0) is 0 Å². The van der Waals surface area contributed by atoms with Gasteiger partial charge < -0.3 is 10.6 Å². The Morgan fingerprint density at radius 1 is 1.19 bits per heavy atom. The molecule has 116 valence electrons. The zero-order valence-corrected chi connectivity index (χ0v) is 12.3. The molecule has 0 radical (unpaired) electrons. The second-order valence-corrected chi connectivity index (χ2v) is 5.56. The summed E-state index contributed by atoms with van der Waals surface area (Å²) < 4.78 is 27.5. The molecule has 1 aliphatic rings. The van der Waals surface area contributed by atoms with Gasteiger partial charge in [0.1, 0.15) is 17.3 Å². The first-order valence-corrected chi connectivity index (χ1v) is 7.63. The van der Waals surface area contributed by atoms with Crippen molar-refractivity contribution in [3.8, 4) is 0 Å². The Hall–Kier alpha value is -1.65. The fourth-order valence-electron chi connectivity index (χ4n) is 2.78. The van der Waals surface area contributed by atoms with Crippen molar-refractivity contribution in [3.63, 3.8) is 0 Å². The molecule has 1 aliphatic carbocycles. The Labute approximate surface area is 124 Å². The molecule has 1 aromatic carbocycles. The minimum absolute atomic E-state index is 0.0301. The molecule has 0 aromatic heterocycles. The number of hydrogen-bond acceptors (Lipinski definition) is 2. The van der Waals surface area contributed by atoms with Crippen LogP contribution in [0.1, 0.15) is 49.4 Å². The Balaban J connectivity index is 1.98. The molecule has 0 saturated heterocycles. The third-order valence-electron chi connectivity index (χ3n) is 3.93. The Morgan fingerprint density at radius 2 is 1.81 bits per heavy atom. The lowest BCUT2D eigenvalue weighted by atomic mass is 9.89. The van der Waals surface area contributed by atoms with Gasteiger partial charge in [0, 0.05) is 18.7 Å². The average molecular weight is 296 g/mol. The topological polar surface area (TPSA) is 41.1 Å². The summed E-state index contributed by atoms with van der Waals surface area (Å²) in [5, 5.41) is 5.39. The van der Waals surface area contributed by atoms with E-state index in [1.807, 2.05) is 0 Å². The number of anilines is 1. The van der Waals surface area contributed by atoms with E-state index in [-0.39, 0.29) is 11.3 Å². The van der Waals surface area contributed by atoms with Crippen LogP contribution in [0.5, 0.6) is 0 Å². The number of carbonyl (C=O) groups is 1. The third kappa shape index (κ3) is 4.16. The van der Waals surface area contributed by atoms with Crippen molar-refractivity contribution in [2.45, 2.75) is 39.0 Å². The summed E-state index contributed by atoms with van der Waals surface area (Å²) in [6.07, 6.45) is 5.87. The van der Waals surface area contributed by atoms with Crippen LogP contribution in [0.4, 0.5) is 14.5 Å². The molecule has 0 spiro atoms. The number of hydrogen-bond donors (Lipinski definition) is 2. The molecule has 1 saturated carbocycles.